The lowest BCUT2D eigenvalue weighted by atomic mass is 10.1. The van der Waals surface area contributed by atoms with Crippen molar-refractivity contribution in [1.29, 1.82) is 0 Å². The fourth-order valence-electron chi connectivity index (χ4n) is 1.51. The first-order chi connectivity index (χ1) is 9.08. The molecular weight excluding hydrogens is 254 g/mol. The zero-order valence-corrected chi connectivity index (χ0v) is 10.0. The summed E-state index contributed by atoms with van der Waals surface area (Å²) in [4.78, 5) is 13.9. The maximum absolute atomic E-state index is 10.7. The summed E-state index contributed by atoms with van der Waals surface area (Å²) in [5, 5.41) is 23.9. The number of rotatable bonds is 5. The summed E-state index contributed by atoms with van der Waals surface area (Å²) in [5.41, 5.74) is 0.223. The molecule has 0 saturated heterocycles. The fraction of sp³-hybridized carbons (Fsp3) is 0.273. The highest BCUT2D eigenvalue weighted by Crippen LogP contribution is 2.29. The van der Waals surface area contributed by atoms with Crippen molar-refractivity contribution < 1.29 is 19.3 Å². The van der Waals surface area contributed by atoms with Crippen LogP contribution in [0, 0.1) is 10.1 Å². The monoisotopic (exact) mass is 265 g/mol. The van der Waals surface area contributed by atoms with E-state index in [9.17, 15) is 15.2 Å². The van der Waals surface area contributed by atoms with Crippen LogP contribution in [0.1, 0.15) is 24.4 Å². The SMILES string of the molecule is C[C@H](O)c1cc([N+](=O)[O-])ccc1OCc1ncon1. The van der Waals surface area contributed by atoms with E-state index in [1.807, 2.05) is 0 Å². The van der Waals surface area contributed by atoms with Crippen molar-refractivity contribution in [2.75, 3.05) is 0 Å². The quantitative estimate of drug-likeness (QED) is 0.645. The smallest absolute Gasteiger partial charge is 0.270 e. The Morgan fingerprint density at radius 3 is 2.95 bits per heavy atom. The lowest BCUT2D eigenvalue weighted by Crippen LogP contribution is -2.03. The predicted molar refractivity (Wildman–Crippen MR) is 62.4 cm³/mol. The molecule has 0 bridgehead atoms. The van der Waals surface area contributed by atoms with Crippen molar-refractivity contribution in [3.8, 4) is 5.75 Å². The Morgan fingerprint density at radius 1 is 1.58 bits per heavy atom. The van der Waals surface area contributed by atoms with Gasteiger partial charge in [0.25, 0.3) is 5.69 Å². The Bertz CT molecular complexity index is 568. The van der Waals surface area contributed by atoms with Crippen LogP contribution in [-0.2, 0) is 6.61 Å². The highest BCUT2D eigenvalue weighted by atomic mass is 16.6. The van der Waals surface area contributed by atoms with Crippen molar-refractivity contribution in [3.63, 3.8) is 0 Å². The molecule has 19 heavy (non-hydrogen) atoms. The number of aliphatic hydroxyl groups excluding tert-OH is 1. The fourth-order valence-corrected chi connectivity index (χ4v) is 1.51. The number of nitro groups is 1. The van der Waals surface area contributed by atoms with Crippen LogP contribution in [0.4, 0.5) is 5.69 Å². The second kappa shape index (κ2) is 5.44. The van der Waals surface area contributed by atoms with E-state index in [2.05, 4.69) is 14.7 Å². The van der Waals surface area contributed by atoms with Crippen molar-refractivity contribution in [2.45, 2.75) is 19.6 Å². The molecule has 8 nitrogen and oxygen atoms in total. The van der Waals surface area contributed by atoms with Gasteiger partial charge in [0, 0.05) is 17.7 Å². The molecule has 1 atom stereocenters. The summed E-state index contributed by atoms with van der Waals surface area (Å²) in [6, 6.07) is 4.01. The van der Waals surface area contributed by atoms with Crippen molar-refractivity contribution in [3.05, 3.63) is 46.1 Å². The number of non-ortho nitro benzene ring substituents is 1. The summed E-state index contributed by atoms with van der Waals surface area (Å²) in [6.07, 6.45) is 0.282. The van der Waals surface area contributed by atoms with E-state index in [0.717, 1.165) is 0 Å². The third kappa shape index (κ3) is 3.05. The van der Waals surface area contributed by atoms with Crippen LogP contribution in [0.5, 0.6) is 5.75 Å². The second-order valence-electron chi connectivity index (χ2n) is 3.79. The topological polar surface area (TPSA) is 112 Å². The minimum absolute atomic E-state index is 0.0496. The van der Waals surface area contributed by atoms with Gasteiger partial charge in [-0.05, 0) is 13.0 Å². The molecule has 1 N–H and O–H groups in total. The molecule has 0 unspecified atom stereocenters. The number of aromatic nitrogens is 2. The summed E-state index contributed by atoms with van der Waals surface area (Å²) >= 11 is 0. The molecule has 0 fully saturated rings. The molecule has 0 radical (unpaired) electrons. The maximum atomic E-state index is 10.7. The van der Waals surface area contributed by atoms with Gasteiger partial charge in [-0.1, -0.05) is 5.16 Å². The van der Waals surface area contributed by atoms with Gasteiger partial charge in [0.2, 0.25) is 12.2 Å². The number of nitrogens with zero attached hydrogens (tertiary/aromatic N) is 3. The third-order valence-corrected chi connectivity index (χ3v) is 2.42. The van der Waals surface area contributed by atoms with E-state index in [0.29, 0.717) is 17.1 Å². The van der Waals surface area contributed by atoms with Gasteiger partial charge in [-0.15, -0.1) is 0 Å². The minimum atomic E-state index is -0.889. The molecule has 0 aliphatic rings. The molecule has 8 heteroatoms. The van der Waals surface area contributed by atoms with Crippen LogP contribution in [0.15, 0.2) is 29.1 Å². The average Bonchev–Trinajstić information content (AvgIpc) is 2.89. The number of nitro benzene ring substituents is 1. The number of hydrogen-bond donors (Lipinski definition) is 1. The molecule has 1 aromatic carbocycles. The Labute approximate surface area is 107 Å². The van der Waals surface area contributed by atoms with E-state index in [4.69, 9.17) is 4.74 Å². The van der Waals surface area contributed by atoms with Crippen molar-refractivity contribution >= 4 is 5.69 Å². The molecule has 0 amide bonds. The number of aliphatic hydroxyl groups is 1. The molecule has 0 aliphatic heterocycles. The molecule has 0 spiro atoms. The van der Waals surface area contributed by atoms with Gasteiger partial charge in [0.1, 0.15) is 5.75 Å². The lowest BCUT2D eigenvalue weighted by Gasteiger charge is -2.12. The van der Waals surface area contributed by atoms with Crippen LogP contribution in [0.3, 0.4) is 0 Å². The van der Waals surface area contributed by atoms with E-state index in [1.54, 1.807) is 0 Å². The van der Waals surface area contributed by atoms with Crippen LogP contribution in [0.25, 0.3) is 0 Å². The first-order valence-corrected chi connectivity index (χ1v) is 5.42. The highest BCUT2D eigenvalue weighted by molar-refractivity contribution is 5.44. The normalized spacial score (nSPS) is 12.1. The molecular formula is C11H11N3O5. The zero-order valence-electron chi connectivity index (χ0n) is 10.0. The molecule has 2 aromatic rings. The van der Waals surface area contributed by atoms with Gasteiger partial charge < -0.3 is 14.4 Å². The number of benzene rings is 1. The largest absolute Gasteiger partial charge is 0.485 e. The van der Waals surface area contributed by atoms with E-state index < -0.39 is 11.0 Å². The molecule has 0 saturated carbocycles. The maximum Gasteiger partial charge on any atom is 0.270 e. The molecule has 1 aromatic heterocycles. The average molecular weight is 265 g/mol. The van der Waals surface area contributed by atoms with Gasteiger partial charge in [-0.3, -0.25) is 10.1 Å². The zero-order chi connectivity index (χ0) is 13.8. The van der Waals surface area contributed by atoms with E-state index in [1.165, 1.54) is 31.5 Å². The predicted octanol–water partition coefficient (Wildman–Crippen LogP) is 1.61. The van der Waals surface area contributed by atoms with Gasteiger partial charge in [-0.2, -0.15) is 4.98 Å². The standard InChI is InChI=1S/C11H11N3O5/c1-7(15)9-4-8(14(16)17)2-3-10(9)18-5-11-12-6-19-13-11/h2-4,6-7,15H,5H2,1H3/t7-/m0/s1. The molecule has 100 valence electrons. The first-order valence-electron chi connectivity index (χ1n) is 5.42. The second-order valence-corrected chi connectivity index (χ2v) is 3.79. The summed E-state index contributed by atoms with van der Waals surface area (Å²) in [5.74, 6) is 0.681. The number of hydrogen-bond acceptors (Lipinski definition) is 7. The Kier molecular flexibility index (Phi) is 3.71. The lowest BCUT2D eigenvalue weighted by molar-refractivity contribution is -0.385. The van der Waals surface area contributed by atoms with Gasteiger partial charge >= 0.3 is 0 Å². The van der Waals surface area contributed by atoms with E-state index >= 15 is 0 Å². The van der Waals surface area contributed by atoms with Crippen LogP contribution >= 0.6 is 0 Å². The Hall–Kier alpha value is -2.48. The van der Waals surface area contributed by atoms with Crippen molar-refractivity contribution in [1.82, 2.24) is 10.1 Å². The number of ether oxygens (including phenoxy) is 1. The Morgan fingerprint density at radius 2 is 2.37 bits per heavy atom. The van der Waals surface area contributed by atoms with Crippen LogP contribution in [-0.4, -0.2) is 20.2 Å². The summed E-state index contributed by atoms with van der Waals surface area (Å²) in [7, 11) is 0. The third-order valence-electron chi connectivity index (χ3n) is 2.42. The van der Waals surface area contributed by atoms with Crippen LogP contribution < -0.4 is 4.74 Å². The van der Waals surface area contributed by atoms with Crippen molar-refractivity contribution in [2.24, 2.45) is 0 Å². The molecule has 2 rings (SSSR count). The first kappa shape index (κ1) is 13.0. The summed E-state index contributed by atoms with van der Waals surface area (Å²) < 4.78 is 9.96. The van der Waals surface area contributed by atoms with Gasteiger partial charge in [0.05, 0.1) is 11.0 Å². The minimum Gasteiger partial charge on any atom is -0.485 e. The molecule has 1 heterocycles. The summed E-state index contributed by atoms with van der Waals surface area (Å²) in [6.45, 7) is 1.55. The highest BCUT2D eigenvalue weighted by Gasteiger charge is 2.15. The van der Waals surface area contributed by atoms with Gasteiger partial charge in [0.15, 0.2) is 6.61 Å². The van der Waals surface area contributed by atoms with E-state index in [-0.39, 0.29) is 12.3 Å². The Balaban J connectivity index is 2.21. The molecule has 0 aliphatic carbocycles. The van der Waals surface area contributed by atoms with Crippen LogP contribution in [0.2, 0.25) is 0 Å². The van der Waals surface area contributed by atoms with Gasteiger partial charge in [-0.25, -0.2) is 0 Å².